The van der Waals surface area contributed by atoms with Crippen LogP contribution in [-0.2, 0) is 9.59 Å². The summed E-state index contributed by atoms with van der Waals surface area (Å²) < 4.78 is 0.347. The molecule has 0 fully saturated rings. The molecule has 6 heteroatoms. The van der Waals surface area contributed by atoms with Crippen LogP contribution in [0, 0.1) is 0 Å². The van der Waals surface area contributed by atoms with Crippen molar-refractivity contribution in [3.8, 4) is 0 Å². The van der Waals surface area contributed by atoms with Gasteiger partial charge < -0.3 is 19.8 Å². The minimum absolute atomic E-state index is 0.113. The van der Waals surface area contributed by atoms with Crippen molar-refractivity contribution < 1.29 is 29.4 Å². The van der Waals surface area contributed by atoms with Crippen LogP contribution >= 0.6 is 0 Å². The van der Waals surface area contributed by atoms with Gasteiger partial charge in [0.15, 0.2) is 11.4 Å². The van der Waals surface area contributed by atoms with Crippen LogP contribution in [-0.4, -0.2) is 71.5 Å². The van der Waals surface area contributed by atoms with E-state index in [1.807, 2.05) is 21.1 Å². The second-order valence-corrected chi connectivity index (χ2v) is 10.3. The van der Waals surface area contributed by atoms with Crippen molar-refractivity contribution >= 4 is 11.8 Å². The average molecular weight is 445 g/mol. The zero-order valence-electron chi connectivity index (χ0n) is 20.5. The predicted octanol–water partition coefficient (Wildman–Crippen LogP) is 4.70. The highest BCUT2D eigenvalue weighted by Crippen LogP contribution is 2.20. The number of carbonyl (C=O) groups is 2. The molecule has 0 aromatic rings. The molecule has 3 N–H and O–H groups in total. The van der Waals surface area contributed by atoms with E-state index in [4.69, 9.17) is 10.2 Å². The lowest BCUT2D eigenvalue weighted by Crippen LogP contribution is -2.54. The van der Waals surface area contributed by atoms with Crippen LogP contribution < -0.4 is 0 Å². The molecular formula is C25H50NO5+. The summed E-state index contributed by atoms with van der Waals surface area (Å²) in [5, 5.41) is 28.5. The molecule has 0 radical (unpaired) electrons. The Balaban J connectivity index is 3.70. The number of Topliss-reactive ketones (excluding diaryl/α,β-unsaturated/α-hetero) is 1. The first-order valence-corrected chi connectivity index (χ1v) is 12.5. The van der Waals surface area contributed by atoms with E-state index in [9.17, 15) is 14.7 Å². The molecule has 184 valence electrons. The van der Waals surface area contributed by atoms with E-state index in [0.717, 1.165) is 32.1 Å². The summed E-state index contributed by atoms with van der Waals surface area (Å²) in [4.78, 5) is 23.6. The maximum atomic E-state index is 12.5. The summed E-state index contributed by atoms with van der Waals surface area (Å²) in [6.45, 7) is 0.437. The van der Waals surface area contributed by atoms with Crippen LogP contribution in [0.1, 0.15) is 109 Å². The Bertz CT molecular complexity index is 475. The molecule has 6 nitrogen and oxygen atoms in total. The maximum Gasteiger partial charge on any atom is 0.306 e. The fourth-order valence-corrected chi connectivity index (χ4v) is 4.21. The van der Waals surface area contributed by atoms with Gasteiger partial charge in [-0.05, 0) is 12.8 Å². The van der Waals surface area contributed by atoms with Gasteiger partial charge >= 0.3 is 5.97 Å². The number of aliphatic hydroxyl groups is 2. The van der Waals surface area contributed by atoms with E-state index in [1.54, 1.807) is 0 Å². The third-order valence-electron chi connectivity index (χ3n) is 5.76. The van der Waals surface area contributed by atoms with Crippen molar-refractivity contribution in [1.82, 2.24) is 0 Å². The van der Waals surface area contributed by atoms with Gasteiger partial charge in [-0.2, -0.15) is 0 Å². The van der Waals surface area contributed by atoms with E-state index >= 15 is 0 Å². The van der Waals surface area contributed by atoms with E-state index in [-0.39, 0.29) is 18.7 Å². The fourth-order valence-electron chi connectivity index (χ4n) is 4.21. The van der Waals surface area contributed by atoms with E-state index in [1.165, 1.54) is 64.2 Å². The minimum atomic E-state index is -1.77. The van der Waals surface area contributed by atoms with Crippen LogP contribution in [0.3, 0.4) is 0 Å². The van der Waals surface area contributed by atoms with Gasteiger partial charge in [0.05, 0.1) is 27.6 Å². The van der Waals surface area contributed by atoms with Gasteiger partial charge in [0, 0.05) is 13.0 Å². The second-order valence-electron chi connectivity index (χ2n) is 10.3. The molecule has 0 saturated heterocycles. The molecule has 0 aliphatic rings. The molecule has 0 aromatic carbocycles. The SMILES string of the molecule is C[N+](C)(C)C[C@](O)(CC(=O)O)C(=O)CCCCCCCCCCCCCCCCCO. The molecule has 0 aromatic heterocycles. The molecule has 0 aliphatic heterocycles. The Morgan fingerprint density at radius 1 is 0.677 bits per heavy atom. The molecule has 0 bridgehead atoms. The van der Waals surface area contributed by atoms with Gasteiger partial charge in [-0.1, -0.05) is 83.5 Å². The zero-order valence-corrected chi connectivity index (χ0v) is 20.5. The number of rotatable bonds is 22. The van der Waals surface area contributed by atoms with Gasteiger partial charge in [-0.15, -0.1) is 0 Å². The first-order valence-electron chi connectivity index (χ1n) is 12.5. The maximum absolute atomic E-state index is 12.5. The third-order valence-corrected chi connectivity index (χ3v) is 5.76. The van der Waals surface area contributed by atoms with Gasteiger partial charge in [0.25, 0.3) is 0 Å². The Morgan fingerprint density at radius 2 is 1.03 bits per heavy atom. The summed E-state index contributed by atoms with van der Waals surface area (Å²) in [5.74, 6) is -1.47. The number of hydrogen-bond donors (Lipinski definition) is 3. The summed E-state index contributed by atoms with van der Waals surface area (Å²) in [6, 6.07) is 0. The largest absolute Gasteiger partial charge is 0.481 e. The monoisotopic (exact) mass is 444 g/mol. The number of nitrogens with zero attached hydrogens (tertiary/aromatic N) is 1. The average Bonchev–Trinajstić information content (AvgIpc) is 2.65. The quantitative estimate of drug-likeness (QED) is 0.166. The van der Waals surface area contributed by atoms with E-state index in [0.29, 0.717) is 11.1 Å². The molecule has 0 amide bonds. The van der Waals surface area contributed by atoms with Gasteiger partial charge in [0.1, 0.15) is 6.54 Å². The number of unbranched alkanes of at least 4 members (excludes halogenated alkanes) is 14. The lowest BCUT2D eigenvalue weighted by Gasteiger charge is -2.33. The van der Waals surface area contributed by atoms with Crippen LogP contribution in [0.5, 0.6) is 0 Å². The van der Waals surface area contributed by atoms with Crippen LogP contribution in [0.2, 0.25) is 0 Å². The molecule has 0 spiro atoms. The molecular weight excluding hydrogens is 394 g/mol. The number of aliphatic carboxylic acids is 1. The topological polar surface area (TPSA) is 94.8 Å². The van der Waals surface area contributed by atoms with Crippen molar-refractivity contribution in [3.05, 3.63) is 0 Å². The predicted molar refractivity (Wildman–Crippen MR) is 126 cm³/mol. The minimum Gasteiger partial charge on any atom is -0.481 e. The molecule has 0 rings (SSSR count). The first-order chi connectivity index (χ1) is 14.6. The first kappa shape index (κ1) is 30.0. The van der Waals surface area contributed by atoms with E-state index in [2.05, 4.69) is 0 Å². The summed E-state index contributed by atoms with van der Waals surface area (Å²) in [6.07, 6.45) is 17.4. The Kier molecular flexibility index (Phi) is 17.0. The van der Waals surface area contributed by atoms with Crippen LogP contribution in [0.25, 0.3) is 0 Å². The van der Waals surface area contributed by atoms with Crippen molar-refractivity contribution in [2.24, 2.45) is 0 Å². The molecule has 0 unspecified atom stereocenters. The van der Waals surface area contributed by atoms with Crippen molar-refractivity contribution in [2.45, 2.75) is 115 Å². The standard InChI is InChI=1S/C25H49NO5/c1-26(2,3)22-25(31,21-24(29)30)23(28)19-17-15-13-11-9-7-5-4-6-8-10-12-14-16-18-20-27/h27,31H,4-22H2,1-3H3/p+1/t25-/m1/s1. The molecule has 0 aliphatic carbocycles. The number of hydrogen-bond acceptors (Lipinski definition) is 4. The number of carboxylic acids is 1. The highest BCUT2D eigenvalue weighted by molar-refractivity contribution is 5.90. The second kappa shape index (κ2) is 17.6. The number of aliphatic hydroxyl groups excluding tert-OH is 1. The highest BCUT2D eigenvalue weighted by atomic mass is 16.4. The Hall–Kier alpha value is -0.980. The van der Waals surface area contributed by atoms with Gasteiger partial charge in [0.2, 0.25) is 0 Å². The van der Waals surface area contributed by atoms with Crippen molar-refractivity contribution in [1.29, 1.82) is 0 Å². The molecule has 1 atom stereocenters. The number of ketones is 1. The molecule has 0 saturated carbocycles. The summed E-state index contributed by atoms with van der Waals surface area (Å²) in [7, 11) is 5.55. The fraction of sp³-hybridized carbons (Fsp3) is 0.920. The highest BCUT2D eigenvalue weighted by Gasteiger charge is 2.42. The lowest BCUT2D eigenvalue weighted by molar-refractivity contribution is -0.875. The third kappa shape index (κ3) is 18.3. The van der Waals surface area contributed by atoms with Crippen molar-refractivity contribution in [3.63, 3.8) is 0 Å². The van der Waals surface area contributed by atoms with Crippen LogP contribution in [0.4, 0.5) is 0 Å². The molecule has 31 heavy (non-hydrogen) atoms. The normalized spacial score (nSPS) is 13.8. The zero-order chi connectivity index (χ0) is 23.6. The van der Waals surface area contributed by atoms with Gasteiger partial charge in [-0.3, -0.25) is 9.59 Å². The van der Waals surface area contributed by atoms with Crippen molar-refractivity contribution in [2.75, 3.05) is 34.3 Å². The summed E-state index contributed by atoms with van der Waals surface area (Å²) >= 11 is 0. The van der Waals surface area contributed by atoms with Gasteiger partial charge in [-0.25, -0.2) is 0 Å². The smallest absolute Gasteiger partial charge is 0.306 e. The number of carbonyl (C=O) groups excluding carboxylic acids is 1. The molecule has 0 heterocycles. The summed E-state index contributed by atoms with van der Waals surface area (Å²) in [5.41, 5.74) is -1.77. The lowest BCUT2D eigenvalue weighted by atomic mass is 9.89. The van der Waals surface area contributed by atoms with Crippen LogP contribution in [0.15, 0.2) is 0 Å². The number of quaternary nitrogens is 1. The Morgan fingerprint density at radius 3 is 1.35 bits per heavy atom. The number of likely N-dealkylation sites (N-methyl/N-ethyl adjacent to an activating group) is 1. The van der Waals surface area contributed by atoms with E-state index < -0.39 is 18.0 Å². The number of carboxylic acid groups (broad SMARTS) is 1. The Labute approximate surface area is 190 Å².